The first-order valence-electron chi connectivity index (χ1n) is 10.9. The van der Waals surface area contributed by atoms with Crippen LogP contribution in [0.25, 0.3) is 10.8 Å². The molecule has 5 nitrogen and oxygen atoms in total. The summed E-state index contributed by atoms with van der Waals surface area (Å²) in [4.78, 5) is 28.5. The molecule has 1 aliphatic carbocycles. The molecule has 2 amide bonds. The lowest BCUT2D eigenvalue weighted by atomic mass is 9.84. The van der Waals surface area contributed by atoms with E-state index in [0.717, 1.165) is 36.5 Å². The molecule has 4 unspecified atom stereocenters. The topological polar surface area (TPSA) is 75.4 Å². The minimum Gasteiger partial charge on any atom is -0.354 e. The highest BCUT2D eigenvalue weighted by molar-refractivity contribution is 6.01. The highest BCUT2D eigenvalue weighted by Crippen LogP contribution is 2.40. The maximum Gasteiger partial charge on any atom is 0.254 e. The van der Waals surface area contributed by atoms with Crippen LogP contribution in [0.4, 0.5) is 0 Å². The summed E-state index contributed by atoms with van der Waals surface area (Å²) in [7, 11) is 0. The lowest BCUT2D eigenvalue weighted by Gasteiger charge is -2.33. The zero-order chi connectivity index (χ0) is 20.4. The Morgan fingerprint density at radius 2 is 1.90 bits per heavy atom. The number of hydrogen-bond donors (Lipinski definition) is 2. The third kappa shape index (κ3) is 4.01. The number of benzene rings is 2. The number of fused-ring (bicyclic) bond motifs is 2. The van der Waals surface area contributed by atoms with E-state index in [1.54, 1.807) is 0 Å². The Balaban J connectivity index is 1.60. The van der Waals surface area contributed by atoms with Crippen molar-refractivity contribution in [1.82, 2.24) is 10.2 Å². The molecule has 2 fully saturated rings. The second-order valence-corrected chi connectivity index (χ2v) is 8.72. The molecule has 1 aliphatic heterocycles. The van der Waals surface area contributed by atoms with E-state index in [1.165, 1.54) is 6.42 Å². The number of carbonyl (C=O) groups excluding carboxylic acids is 2. The van der Waals surface area contributed by atoms with Crippen molar-refractivity contribution in [2.24, 2.45) is 17.6 Å². The van der Waals surface area contributed by atoms with Crippen molar-refractivity contribution in [2.45, 2.75) is 51.1 Å². The maximum atomic E-state index is 13.6. The Morgan fingerprint density at radius 1 is 1.14 bits per heavy atom. The van der Waals surface area contributed by atoms with E-state index in [9.17, 15) is 9.59 Å². The first kappa shape index (κ1) is 19.9. The maximum absolute atomic E-state index is 13.6. The molecular weight excluding hydrogens is 362 g/mol. The van der Waals surface area contributed by atoms with Gasteiger partial charge in [-0.05, 0) is 60.5 Å². The Morgan fingerprint density at radius 3 is 2.69 bits per heavy atom. The van der Waals surface area contributed by atoms with Gasteiger partial charge in [0.25, 0.3) is 5.91 Å². The Labute approximate surface area is 172 Å². The van der Waals surface area contributed by atoms with Crippen LogP contribution in [0.2, 0.25) is 0 Å². The van der Waals surface area contributed by atoms with Crippen LogP contribution in [0.1, 0.15) is 49.4 Å². The van der Waals surface area contributed by atoms with Gasteiger partial charge < -0.3 is 16.0 Å². The molecule has 5 heteroatoms. The summed E-state index contributed by atoms with van der Waals surface area (Å²) in [5, 5.41) is 5.21. The number of amides is 2. The number of hydrogen-bond acceptors (Lipinski definition) is 3. The normalized spacial score (nSPS) is 24.9. The van der Waals surface area contributed by atoms with Gasteiger partial charge in [-0.25, -0.2) is 0 Å². The van der Waals surface area contributed by atoms with Gasteiger partial charge in [-0.2, -0.15) is 0 Å². The lowest BCUT2D eigenvalue weighted by Crippen LogP contribution is -2.50. The molecule has 0 spiro atoms. The Bertz CT molecular complexity index is 897. The van der Waals surface area contributed by atoms with Gasteiger partial charge >= 0.3 is 0 Å². The first-order chi connectivity index (χ1) is 14.1. The van der Waals surface area contributed by atoms with Crippen LogP contribution in [0.15, 0.2) is 42.5 Å². The molecule has 3 N–H and O–H groups in total. The average Bonchev–Trinajstić information content (AvgIpc) is 3.16. The van der Waals surface area contributed by atoms with E-state index >= 15 is 0 Å². The van der Waals surface area contributed by atoms with E-state index in [0.29, 0.717) is 24.6 Å². The van der Waals surface area contributed by atoms with Crippen LogP contribution >= 0.6 is 0 Å². The molecule has 29 heavy (non-hydrogen) atoms. The SMILES string of the molecule is CC(CN)CNC(=O)C1CC2CCCCC2N1C(=O)c1ccc2ccccc2c1. The molecule has 2 aliphatic rings. The molecule has 0 radical (unpaired) electrons. The first-order valence-corrected chi connectivity index (χ1v) is 10.9. The van der Waals surface area contributed by atoms with E-state index in [4.69, 9.17) is 5.73 Å². The summed E-state index contributed by atoms with van der Waals surface area (Å²) in [6.45, 7) is 3.11. The molecule has 4 atom stereocenters. The van der Waals surface area contributed by atoms with Gasteiger partial charge in [0.05, 0.1) is 0 Å². The molecule has 1 heterocycles. The molecule has 0 aromatic heterocycles. The summed E-state index contributed by atoms with van der Waals surface area (Å²) in [5.41, 5.74) is 6.36. The van der Waals surface area contributed by atoms with Gasteiger partial charge in [0, 0.05) is 18.2 Å². The monoisotopic (exact) mass is 393 g/mol. The number of carbonyl (C=O) groups is 2. The average molecular weight is 394 g/mol. The van der Waals surface area contributed by atoms with Crippen molar-refractivity contribution in [3.8, 4) is 0 Å². The molecule has 0 bridgehead atoms. The number of likely N-dealkylation sites (tertiary alicyclic amines) is 1. The molecular formula is C24H31N3O2. The van der Waals surface area contributed by atoms with Gasteiger partial charge in [0.2, 0.25) is 5.91 Å². The summed E-state index contributed by atoms with van der Waals surface area (Å²) >= 11 is 0. The number of nitrogens with one attached hydrogen (secondary N) is 1. The summed E-state index contributed by atoms with van der Waals surface area (Å²) < 4.78 is 0. The fourth-order valence-electron chi connectivity index (χ4n) is 4.93. The van der Waals surface area contributed by atoms with E-state index in [2.05, 4.69) is 5.32 Å². The predicted molar refractivity (Wildman–Crippen MR) is 115 cm³/mol. The van der Waals surface area contributed by atoms with Crippen molar-refractivity contribution >= 4 is 22.6 Å². The van der Waals surface area contributed by atoms with E-state index in [1.807, 2.05) is 54.3 Å². The zero-order valence-electron chi connectivity index (χ0n) is 17.1. The van der Waals surface area contributed by atoms with Crippen LogP contribution in [-0.2, 0) is 4.79 Å². The van der Waals surface area contributed by atoms with Crippen molar-refractivity contribution in [1.29, 1.82) is 0 Å². The summed E-state index contributed by atoms with van der Waals surface area (Å²) in [6, 6.07) is 13.7. The van der Waals surface area contributed by atoms with Crippen molar-refractivity contribution in [2.75, 3.05) is 13.1 Å². The van der Waals surface area contributed by atoms with Crippen molar-refractivity contribution < 1.29 is 9.59 Å². The van der Waals surface area contributed by atoms with E-state index < -0.39 is 0 Å². The van der Waals surface area contributed by atoms with Crippen molar-refractivity contribution in [3.63, 3.8) is 0 Å². The highest BCUT2D eigenvalue weighted by atomic mass is 16.2. The minimum absolute atomic E-state index is 0.0165. The third-order valence-corrected chi connectivity index (χ3v) is 6.65. The van der Waals surface area contributed by atoms with Gasteiger partial charge in [-0.3, -0.25) is 9.59 Å². The minimum atomic E-state index is -0.382. The van der Waals surface area contributed by atoms with Crippen LogP contribution in [0.3, 0.4) is 0 Å². The van der Waals surface area contributed by atoms with Crippen LogP contribution in [0, 0.1) is 11.8 Å². The number of nitrogens with two attached hydrogens (primary N) is 1. The second kappa shape index (κ2) is 8.54. The summed E-state index contributed by atoms with van der Waals surface area (Å²) in [6.07, 6.45) is 5.19. The Hall–Kier alpha value is -2.40. The predicted octanol–water partition coefficient (Wildman–Crippen LogP) is 3.32. The smallest absolute Gasteiger partial charge is 0.254 e. The van der Waals surface area contributed by atoms with E-state index in [-0.39, 0.29) is 29.8 Å². The molecule has 4 rings (SSSR count). The van der Waals surface area contributed by atoms with Crippen LogP contribution in [0.5, 0.6) is 0 Å². The molecule has 2 aromatic rings. The lowest BCUT2D eigenvalue weighted by molar-refractivity contribution is -0.125. The van der Waals surface area contributed by atoms with Crippen LogP contribution < -0.4 is 11.1 Å². The largest absolute Gasteiger partial charge is 0.354 e. The second-order valence-electron chi connectivity index (χ2n) is 8.72. The fraction of sp³-hybridized carbons (Fsp3) is 0.500. The fourth-order valence-corrected chi connectivity index (χ4v) is 4.93. The van der Waals surface area contributed by atoms with Gasteiger partial charge in [0.1, 0.15) is 6.04 Å². The molecule has 2 aromatic carbocycles. The quantitative estimate of drug-likeness (QED) is 0.818. The van der Waals surface area contributed by atoms with Gasteiger partial charge in [-0.15, -0.1) is 0 Å². The Kier molecular flexibility index (Phi) is 5.86. The van der Waals surface area contributed by atoms with Crippen LogP contribution in [-0.4, -0.2) is 41.9 Å². The summed E-state index contributed by atoms with van der Waals surface area (Å²) in [5.74, 6) is 0.606. The number of nitrogens with zero attached hydrogens (tertiary/aromatic N) is 1. The highest BCUT2D eigenvalue weighted by Gasteiger charge is 2.47. The number of rotatable bonds is 5. The van der Waals surface area contributed by atoms with Gasteiger partial charge in [0.15, 0.2) is 0 Å². The molecule has 154 valence electrons. The molecule has 1 saturated carbocycles. The van der Waals surface area contributed by atoms with Gasteiger partial charge in [-0.1, -0.05) is 50.1 Å². The standard InChI is InChI=1S/C24H31N3O2/c1-16(14-25)15-26-23(28)22-13-19-8-4-5-9-21(19)27(22)24(29)20-11-10-17-6-2-3-7-18(17)12-20/h2-3,6-7,10-12,16,19,21-22H,4-5,8-9,13-15,25H2,1H3,(H,26,28). The van der Waals surface area contributed by atoms with Crippen molar-refractivity contribution in [3.05, 3.63) is 48.0 Å². The zero-order valence-corrected chi connectivity index (χ0v) is 17.1. The molecule has 1 saturated heterocycles. The third-order valence-electron chi connectivity index (χ3n) is 6.65.